The predicted molar refractivity (Wildman–Crippen MR) is 95.2 cm³/mol. The summed E-state index contributed by atoms with van der Waals surface area (Å²) < 4.78 is 10.4. The van der Waals surface area contributed by atoms with E-state index in [1.807, 2.05) is 0 Å². The monoisotopic (exact) mass is 378 g/mol. The number of carbonyl (C=O) groups is 2. The first-order valence-corrected chi connectivity index (χ1v) is 7.75. The van der Waals surface area contributed by atoms with Gasteiger partial charge in [0, 0.05) is 17.2 Å². The largest absolute Gasteiger partial charge is 0.495 e. The van der Waals surface area contributed by atoms with Crippen molar-refractivity contribution in [2.75, 3.05) is 19.0 Å². The molecule has 136 valence electrons. The summed E-state index contributed by atoms with van der Waals surface area (Å²) in [5.41, 5.74) is 0.190. The number of ether oxygens (including phenoxy) is 2. The minimum atomic E-state index is -0.585. The van der Waals surface area contributed by atoms with Crippen molar-refractivity contribution in [3.63, 3.8) is 0 Å². The number of nitrogens with zero attached hydrogens (tertiary/aromatic N) is 1. The van der Waals surface area contributed by atoms with Gasteiger partial charge in [-0.3, -0.25) is 19.7 Å². The smallest absolute Gasteiger partial charge is 0.271 e. The molecule has 2 rings (SSSR count). The average molecular weight is 379 g/mol. The number of Topliss-reactive ketones (excluding diaryl/α,β-unsaturated/α-hetero) is 1. The molecule has 0 fully saturated rings. The molecular formula is C17H15ClN2O6. The summed E-state index contributed by atoms with van der Waals surface area (Å²) in [5.74, 6) is -0.362. The zero-order valence-corrected chi connectivity index (χ0v) is 14.7. The summed E-state index contributed by atoms with van der Waals surface area (Å²) in [7, 11) is 1.38. The van der Waals surface area contributed by atoms with Crippen LogP contribution in [-0.4, -0.2) is 30.3 Å². The maximum atomic E-state index is 12.1. The summed E-state index contributed by atoms with van der Waals surface area (Å²) in [4.78, 5) is 34.0. The van der Waals surface area contributed by atoms with Crippen LogP contribution in [0, 0.1) is 10.1 Å². The standard InChI is InChI=1S/C17H15ClN2O6/c1-10(21)13-7-11(18)3-5-15(13)26-9-17(22)19-14-8-12(20(23)24)4-6-16(14)25-2/h3-8H,9H2,1-2H3,(H,19,22). The van der Waals surface area contributed by atoms with Crippen molar-refractivity contribution >= 4 is 34.7 Å². The number of nitro groups is 1. The number of hydrogen-bond acceptors (Lipinski definition) is 6. The number of rotatable bonds is 7. The molecule has 0 radical (unpaired) electrons. The fourth-order valence-corrected chi connectivity index (χ4v) is 2.31. The Bertz CT molecular complexity index is 868. The van der Waals surface area contributed by atoms with E-state index in [0.717, 1.165) is 0 Å². The lowest BCUT2D eigenvalue weighted by atomic mass is 10.1. The van der Waals surface area contributed by atoms with Crippen LogP contribution in [-0.2, 0) is 4.79 Å². The van der Waals surface area contributed by atoms with Gasteiger partial charge in [-0.25, -0.2) is 0 Å². The zero-order chi connectivity index (χ0) is 19.3. The number of hydrogen-bond donors (Lipinski definition) is 1. The van der Waals surface area contributed by atoms with Gasteiger partial charge in [0.25, 0.3) is 11.6 Å². The Kier molecular flexibility index (Phi) is 6.13. The highest BCUT2D eigenvalue weighted by molar-refractivity contribution is 6.31. The second-order valence-corrected chi connectivity index (χ2v) is 5.61. The van der Waals surface area contributed by atoms with Crippen molar-refractivity contribution in [3.8, 4) is 11.5 Å². The molecule has 0 saturated carbocycles. The Morgan fingerprint density at radius 1 is 1.19 bits per heavy atom. The van der Waals surface area contributed by atoms with E-state index in [2.05, 4.69) is 5.32 Å². The number of benzene rings is 2. The molecule has 8 nitrogen and oxygen atoms in total. The van der Waals surface area contributed by atoms with Gasteiger partial charge in [-0.05, 0) is 31.2 Å². The van der Waals surface area contributed by atoms with Crippen molar-refractivity contribution in [1.29, 1.82) is 0 Å². The third-order valence-electron chi connectivity index (χ3n) is 3.35. The molecule has 1 amide bonds. The molecule has 0 aliphatic carbocycles. The van der Waals surface area contributed by atoms with E-state index < -0.39 is 17.4 Å². The average Bonchev–Trinajstić information content (AvgIpc) is 2.60. The van der Waals surface area contributed by atoms with E-state index in [-0.39, 0.29) is 34.2 Å². The number of nitro benzene ring substituents is 1. The Morgan fingerprint density at radius 3 is 2.50 bits per heavy atom. The maximum absolute atomic E-state index is 12.1. The quantitative estimate of drug-likeness (QED) is 0.449. The molecule has 0 spiro atoms. The highest BCUT2D eigenvalue weighted by Gasteiger charge is 2.15. The molecule has 0 heterocycles. The van der Waals surface area contributed by atoms with Crippen molar-refractivity contribution < 1.29 is 24.0 Å². The third-order valence-corrected chi connectivity index (χ3v) is 3.58. The molecule has 0 saturated heterocycles. The third kappa shape index (κ3) is 4.70. The van der Waals surface area contributed by atoms with E-state index in [1.165, 1.54) is 50.4 Å². The van der Waals surface area contributed by atoms with Crippen LogP contribution >= 0.6 is 11.6 Å². The molecule has 0 bridgehead atoms. The van der Waals surface area contributed by atoms with Gasteiger partial charge in [0.2, 0.25) is 0 Å². The summed E-state index contributed by atoms with van der Waals surface area (Å²) in [6.07, 6.45) is 0. The number of halogens is 1. The SMILES string of the molecule is COc1ccc([N+](=O)[O-])cc1NC(=O)COc1ccc(Cl)cc1C(C)=O. The number of carbonyl (C=O) groups excluding carboxylic acids is 2. The number of nitrogens with one attached hydrogen (secondary N) is 1. The number of methoxy groups -OCH3 is 1. The molecule has 0 aliphatic rings. The second-order valence-electron chi connectivity index (χ2n) is 5.18. The van der Waals surface area contributed by atoms with Gasteiger partial charge in [0.1, 0.15) is 11.5 Å². The molecule has 1 N–H and O–H groups in total. The topological polar surface area (TPSA) is 108 Å². The van der Waals surface area contributed by atoms with Crippen LogP contribution in [0.25, 0.3) is 0 Å². The van der Waals surface area contributed by atoms with E-state index in [4.69, 9.17) is 21.1 Å². The summed E-state index contributed by atoms with van der Waals surface area (Å²) in [5, 5.41) is 13.7. The van der Waals surface area contributed by atoms with Crippen molar-refractivity contribution in [2.45, 2.75) is 6.92 Å². The lowest BCUT2D eigenvalue weighted by Crippen LogP contribution is -2.21. The minimum Gasteiger partial charge on any atom is -0.495 e. The van der Waals surface area contributed by atoms with Crippen molar-refractivity contribution in [2.24, 2.45) is 0 Å². The first kappa shape index (κ1) is 19.2. The van der Waals surface area contributed by atoms with E-state index in [0.29, 0.717) is 5.02 Å². The van der Waals surface area contributed by atoms with Gasteiger partial charge in [-0.15, -0.1) is 0 Å². The van der Waals surface area contributed by atoms with E-state index in [1.54, 1.807) is 0 Å². The van der Waals surface area contributed by atoms with Crippen LogP contribution in [0.5, 0.6) is 11.5 Å². The Labute approximate surface area is 153 Å². The summed E-state index contributed by atoms with van der Waals surface area (Å²) in [6.45, 7) is 0.945. The lowest BCUT2D eigenvalue weighted by Gasteiger charge is -2.12. The molecule has 0 unspecified atom stereocenters. The van der Waals surface area contributed by atoms with Gasteiger partial charge in [0.05, 0.1) is 23.3 Å². The van der Waals surface area contributed by atoms with Gasteiger partial charge in [0.15, 0.2) is 12.4 Å². The molecule has 9 heteroatoms. The van der Waals surface area contributed by atoms with Crippen molar-refractivity contribution in [1.82, 2.24) is 0 Å². The zero-order valence-electron chi connectivity index (χ0n) is 13.9. The molecule has 0 aliphatic heterocycles. The van der Waals surface area contributed by atoms with Gasteiger partial charge >= 0.3 is 0 Å². The molecular weight excluding hydrogens is 364 g/mol. The first-order chi connectivity index (χ1) is 12.3. The van der Waals surface area contributed by atoms with Crippen LogP contribution in [0.3, 0.4) is 0 Å². The summed E-state index contributed by atoms with van der Waals surface area (Å²) in [6, 6.07) is 8.28. The summed E-state index contributed by atoms with van der Waals surface area (Å²) >= 11 is 5.85. The molecule has 2 aromatic rings. The number of ketones is 1. The lowest BCUT2D eigenvalue weighted by molar-refractivity contribution is -0.384. The number of amides is 1. The minimum absolute atomic E-state index is 0.137. The molecule has 0 atom stereocenters. The fraction of sp³-hybridized carbons (Fsp3) is 0.176. The van der Waals surface area contributed by atoms with Crippen LogP contribution in [0.1, 0.15) is 17.3 Å². The fourth-order valence-electron chi connectivity index (χ4n) is 2.14. The Morgan fingerprint density at radius 2 is 1.88 bits per heavy atom. The first-order valence-electron chi connectivity index (χ1n) is 7.37. The van der Waals surface area contributed by atoms with Crippen molar-refractivity contribution in [3.05, 3.63) is 57.1 Å². The van der Waals surface area contributed by atoms with Crippen LogP contribution < -0.4 is 14.8 Å². The molecule has 2 aromatic carbocycles. The van der Waals surface area contributed by atoms with Crippen LogP contribution in [0.2, 0.25) is 5.02 Å². The van der Waals surface area contributed by atoms with Gasteiger partial charge in [-0.1, -0.05) is 11.6 Å². The van der Waals surface area contributed by atoms with Gasteiger partial charge in [-0.2, -0.15) is 0 Å². The number of non-ortho nitro benzene ring substituents is 1. The van der Waals surface area contributed by atoms with Crippen LogP contribution in [0.4, 0.5) is 11.4 Å². The van der Waals surface area contributed by atoms with Crippen LogP contribution in [0.15, 0.2) is 36.4 Å². The normalized spacial score (nSPS) is 10.1. The molecule has 26 heavy (non-hydrogen) atoms. The second kappa shape index (κ2) is 8.30. The van der Waals surface area contributed by atoms with E-state index >= 15 is 0 Å². The molecule has 0 aromatic heterocycles. The maximum Gasteiger partial charge on any atom is 0.271 e. The Hall–Kier alpha value is -3.13. The Balaban J connectivity index is 2.12. The van der Waals surface area contributed by atoms with E-state index in [9.17, 15) is 19.7 Å². The highest BCUT2D eigenvalue weighted by Crippen LogP contribution is 2.29. The predicted octanol–water partition coefficient (Wildman–Crippen LogP) is 3.48. The number of anilines is 1. The highest BCUT2D eigenvalue weighted by atomic mass is 35.5. The van der Waals surface area contributed by atoms with Gasteiger partial charge < -0.3 is 14.8 Å².